The fraction of sp³-hybridized carbons (Fsp3) is 0.583. The summed E-state index contributed by atoms with van der Waals surface area (Å²) in [6.07, 6.45) is 2.35. The molecule has 0 radical (unpaired) electrons. The molecule has 0 saturated carbocycles. The highest BCUT2D eigenvalue weighted by atomic mass is 16.5. The summed E-state index contributed by atoms with van der Waals surface area (Å²) in [5.74, 6) is 0.972. The standard InChI is InChI=1S/C12H18N3O2/c1-9-7-10(8-14(2)3)17-11-5-4-6-13-12(11)15(9)16/h4-6,9-10H,7-8H2,1-3H3/q+1. The van der Waals surface area contributed by atoms with Crippen molar-refractivity contribution in [2.24, 2.45) is 0 Å². The van der Waals surface area contributed by atoms with Gasteiger partial charge in [0.25, 0.3) is 0 Å². The zero-order valence-electron chi connectivity index (χ0n) is 10.5. The molecule has 2 atom stereocenters. The Labute approximate surface area is 101 Å². The van der Waals surface area contributed by atoms with E-state index in [1.165, 1.54) is 0 Å². The highest BCUT2D eigenvalue weighted by molar-refractivity contribution is 5.39. The molecule has 1 aromatic rings. The maximum atomic E-state index is 12.0. The fourth-order valence-corrected chi connectivity index (χ4v) is 2.07. The van der Waals surface area contributed by atoms with Crippen LogP contribution >= 0.6 is 0 Å². The molecule has 2 rings (SSSR count). The van der Waals surface area contributed by atoms with E-state index in [1.54, 1.807) is 18.3 Å². The van der Waals surface area contributed by atoms with Gasteiger partial charge in [-0.3, -0.25) is 0 Å². The molecule has 0 fully saturated rings. The van der Waals surface area contributed by atoms with Crippen LogP contribution in [0.3, 0.4) is 0 Å². The van der Waals surface area contributed by atoms with E-state index < -0.39 is 0 Å². The number of nitrogens with zero attached hydrogens (tertiary/aromatic N) is 3. The first-order valence-corrected chi connectivity index (χ1v) is 5.80. The number of aromatic nitrogens is 1. The zero-order chi connectivity index (χ0) is 12.4. The average Bonchev–Trinajstić information content (AvgIpc) is 2.37. The molecular formula is C12H18N3O2+. The smallest absolute Gasteiger partial charge is 0.403 e. The van der Waals surface area contributed by atoms with E-state index in [0.717, 1.165) is 11.3 Å². The molecule has 0 amide bonds. The van der Waals surface area contributed by atoms with Gasteiger partial charge in [0.05, 0.1) is 0 Å². The second kappa shape index (κ2) is 4.79. The second-order valence-corrected chi connectivity index (χ2v) is 4.74. The van der Waals surface area contributed by atoms with E-state index in [2.05, 4.69) is 9.88 Å². The summed E-state index contributed by atoms with van der Waals surface area (Å²) in [6.45, 7) is 2.70. The number of hydrogen-bond acceptors (Lipinski definition) is 4. The third kappa shape index (κ3) is 2.61. The summed E-state index contributed by atoms with van der Waals surface area (Å²) < 4.78 is 6.81. The molecule has 1 aliphatic heterocycles. The van der Waals surface area contributed by atoms with Gasteiger partial charge in [-0.2, -0.15) is 0 Å². The summed E-state index contributed by atoms with van der Waals surface area (Å²) in [6, 6.07) is 3.47. The van der Waals surface area contributed by atoms with Crippen molar-refractivity contribution in [3.63, 3.8) is 0 Å². The predicted octanol–water partition coefficient (Wildman–Crippen LogP) is 1.59. The monoisotopic (exact) mass is 236 g/mol. The molecule has 17 heavy (non-hydrogen) atoms. The van der Waals surface area contributed by atoms with E-state index in [9.17, 15) is 4.91 Å². The van der Waals surface area contributed by atoms with Crippen LogP contribution in [0.1, 0.15) is 13.3 Å². The van der Waals surface area contributed by atoms with Gasteiger partial charge in [0.1, 0.15) is 18.3 Å². The Morgan fingerprint density at radius 1 is 1.59 bits per heavy atom. The van der Waals surface area contributed by atoms with Gasteiger partial charge in [0, 0.05) is 13.0 Å². The van der Waals surface area contributed by atoms with Crippen LogP contribution in [0.15, 0.2) is 18.3 Å². The van der Waals surface area contributed by atoms with Gasteiger partial charge < -0.3 is 9.64 Å². The normalized spacial score (nSPS) is 24.1. The molecule has 5 heteroatoms. The van der Waals surface area contributed by atoms with E-state index in [0.29, 0.717) is 18.0 Å². The maximum Gasteiger partial charge on any atom is 0.403 e. The molecule has 0 spiro atoms. The Hall–Kier alpha value is -1.49. The Kier molecular flexibility index (Phi) is 3.38. The summed E-state index contributed by atoms with van der Waals surface area (Å²) in [4.78, 5) is 18.2. The number of ether oxygens (including phenoxy) is 1. The molecule has 0 aliphatic carbocycles. The quantitative estimate of drug-likeness (QED) is 0.732. The van der Waals surface area contributed by atoms with Crippen LogP contribution in [-0.2, 0) is 0 Å². The largest absolute Gasteiger partial charge is 0.481 e. The summed E-state index contributed by atoms with van der Waals surface area (Å²) in [5.41, 5.74) is 0. The summed E-state index contributed by atoms with van der Waals surface area (Å²) in [5, 5.41) is 0. The fourth-order valence-electron chi connectivity index (χ4n) is 2.07. The lowest BCUT2D eigenvalue weighted by atomic mass is 10.1. The van der Waals surface area contributed by atoms with Crippen molar-refractivity contribution in [2.45, 2.75) is 25.5 Å². The van der Waals surface area contributed by atoms with Gasteiger partial charge in [-0.15, -0.1) is 0 Å². The maximum absolute atomic E-state index is 12.0. The van der Waals surface area contributed by atoms with Crippen molar-refractivity contribution in [1.29, 1.82) is 0 Å². The predicted molar refractivity (Wildman–Crippen MR) is 64.6 cm³/mol. The van der Waals surface area contributed by atoms with E-state index in [1.807, 2.05) is 21.0 Å². The van der Waals surface area contributed by atoms with Crippen molar-refractivity contribution in [3.05, 3.63) is 23.2 Å². The lowest BCUT2D eigenvalue weighted by molar-refractivity contribution is -0.505. The molecule has 2 unspecified atom stereocenters. The molecule has 92 valence electrons. The summed E-state index contributed by atoms with van der Waals surface area (Å²) in [7, 11) is 4.00. The highest BCUT2D eigenvalue weighted by Gasteiger charge is 2.34. The first-order chi connectivity index (χ1) is 8.08. The molecular weight excluding hydrogens is 218 g/mol. The van der Waals surface area contributed by atoms with E-state index in [-0.39, 0.29) is 12.1 Å². The number of hydrogen-bond donors (Lipinski definition) is 0. The van der Waals surface area contributed by atoms with Gasteiger partial charge in [-0.05, 0) is 42.9 Å². The highest BCUT2D eigenvalue weighted by Crippen LogP contribution is 2.30. The van der Waals surface area contributed by atoms with Crippen molar-refractivity contribution < 1.29 is 9.50 Å². The number of nitroso groups, excluding NO2 is 1. The average molecular weight is 236 g/mol. The second-order valence-electron chi connectivity index (χ2n) is 4.74. The van der Waals surface area contributed by atoms with Crippen LogP contribution in [0.25, 0.3) is 0 Å². The third-order valence-electron chi connectivity index (χ3n) is 2.83. The van der Waals surface area contributed by atoms with Crippen LogP contribution in [0.2, 0.25) is 0 Å². The number of fused-ring (bicyclic) bond motifs is 1. The van der Waals surface area contributed by atoms with Crippen LogP contribution in [0.4, 0.5) is 5.82 Å². The minimum Gasteiger partial charge on any atom is -0.481 e. The SMILES string of the molecule is CC1CC(CN(C)C)Oc2cccnc2[N+]1=O. The molecule has 0 saturated heterocycles. The van der Waals surface area contributed by atoms with Gasteiger partial charge in [-0.1, -0.05) is 4.91 Å². The lowest BCUT2D eigenvalue weighted by Crippen LogP contribution is -2.33. The number of pyridine rings is 1. The number of likely N-dealkylation sites (N-methyl/N-ethyl adjacent to an activating group) is 1. The molecule has 0 N–H and O–H groups in total. The Morgan fingerprint density at radius 2 is 2.35 bits per heavy atom. The van der Waals surface area contributed by atoms with Crippen molar-refractivity contribution in [2.75, 3.05) is 20.6 Å². The Balaban J connectivity index is 2.29. The summed E-state index contributed by atoms with van der Waals surface area (Å²) >= 11 is 0. The van der Waals surface area contributed by atoms with Crippen molar-refractivity contribution in [1.82, 2.24) is 9.88 Å². The molecule has 1 aliphatic rings. The minimum absolute atomic E-state index is 0.0295. The zero-order valence-corrected chi connectivity index (χ0v) is 10.5. The number of rotatable bonds is 2. The van der Waals surface area contributed by atoms with Crippen LogP contribution < -0.4 is 4.74 Å². The van der Waals surface area contributed by atoms with Crippen LogP contribution in [0.5, 0.6) is 5.75 Å². The first-order valence-electron chi connectivity index (χ1n) is 5.80. The van der Waals surface area contributed by atoms with Crippen LogP contribution in [0, 0.1) is 4.91 Å². The first kappa shape index (κ1) is 12.0. The van der Waals surface area contributed by atoms with Gasteiger partial charge in [-0.25, -0.2) is 0 Å². The van der Waals surface area contributed by atoms with Crippen LogP contribution in [-0.4, -0.2) is 47.4 Å². The van der Waals surface area contributed by atoms with E-state index >= 15 is 0 Å². The van der Waals surface area contributed by atoms with Gasteiger partial charge >= 0.3 is 5.82 Å². The van der Waals surface area contributed by atoms with Crippen molar-refractivity contribution in [3.8, 4) is 5.75 Å². The van der Waals surface area contributed by atoms with Gasteiger partial charge in [0.2, 0.25) is 5.75 Å². The molecule has 2 heterocycles. The molecule has 1 aromatic heterocycles. The van der Waals surface area contributed by atoms with Crippen molar-refractivity contribution >= 4 is 5.82 Å². The molecule has 0 aromatic carbocycles. The lowest BCUT2D eigenvalue weighted by Gasteiger charge is -2.20. The van der Waals surface area contributed by atoms with Gasteiger partial charge in [0.15, 0.2) is 0 Å². The minimum atomic E-state index is -0.115. The topological polar surface area (TPSA) is 45.4 Å². The third-order valence-corrected chi connectivity index (χ3v) is 2.83. The van der Waals surface area contributed by atoms with E-state index in [4.69, 9.17) is 4.74 Å². The molecule has 5 nitrogen and oxygen atoms in total. The molecule has 0 bridgehead atoms. The Bertz CT molecular complexity index is 420. The Morgan fingerprint density at radius 3 is 3.06 bits per heavy atom.